The van der Waals surface area contributed by atoms with E-state index in [0.29, 0.717) is 6.42 Å². The van der Waals surface area contributed by atoms with Gasteiger partial charge in [0.2, 0.25) is 5.91 Å². The zero-order valence-electron chi connectivity index (χ0n) is 17.3. The molecule has 0 saturated carbocycles. The first-order chi connectivity index (χ1) is 15.3. The minimum Gasteiger partial charge on any atom is -0.361 e. The summed E-state index contributed by atoms with van der Waals surface area (Å²) in [4.78, 5) is 18.0. The third kappa shape index (κ3) is 4.28. The second kappa shape index (κ2) is 8.60. The average Bonchev–Trinajstić information content (AvgIpc) is 3.23. The van der Waals surface area contributed by atoms with E-state index in [2.05, 4.69) is 25.4 Å². The molecule has 1 fully saturated rings. The molecule has 6 nitrogen and oxygen atoms in total. The molecule has 0 aliphatic carbocycles. The van der Waals surface area contributed by atoms with Gasteiger partial charge in [0.1, 0.15) is 0 Å². The van der Waals surface area contributed by atoms with Crippen LogP contribution in [0.15, 0.2) is 66.9 Å². The minimum absolute atomic E-state index is 0.0387. The van der Waals surface area contributed by atoms with Gasteiger partial charge < -0.3 is 15.2 Å². The van der Waals surface area contributed by atoms with E-state index in [0.717, 1.165) is 52.3 Å². The van der Waals surface area contributed by atoms with Gasteiger partial charge in [0.15, 0.2) is 5.82 Å². The maximum absolute atomic E-state index is 12.5. The Hall–Kier alpha value is -3.67. The maximum Gasteiger partial charge on any atom is 0.228 e. The number of benzene rings is 2. The fourth-order valence-corrected chi connectivity index (χ4v) is 4.15. The van der Waals surface area contributed by atoms with Gasteiger partial charge in [-0.15, -0.1) is 10.2 Å². The highest BCUT2D eigenvalue weighted by Crippen LogP contribution is 2.23. The molecule has 0 spiro atoms. The number of para-hydroxylation sites is 1. The lowest BCUT2D eigenvalue weighted by Gasteiger charge is -2.27. The second-order valence-corrected chi connectivity index (χ2v) is 7.99. The van der Waals surface area contributed by atoms with Gasteiger partial charge in [-0.2, -0.15) is 0 Å². The van der Waals surface area contributed by atoms with Crippen molar-refractivity contribution in [3.63, 3.8) is 0 Å². The third-order valence-corrected chi connectivity index (χ3v) is 5.82. The predicted molar refractivity (Wildman–Crippen MR) is 124 cm³/mol. The maximum atomic E-state index is 12.5. The zero-order valence-corrected chi connectivity index (χ0v) is 17.3. The zero-order chi connectivity index (χ0) is 21.0. The van der Waals surface area contributed by atoms with Crippen LogP contribution in [0.3, 0.4) is 0 Å². The Balaban J connectivity index is 1.23. The molecule has 1 aliphatic heterocycles. The first-order valence-electron chi connectivity index (χ1n) is 10.8. The number of rotatable bonds is 5. The van der Waals surface area contributed by atoms with E-state index in [1.54, 1.807) is 0 Å². The summed E-state index contributed by atoms with van der Waals surface area (Å²) in [6.07, 6.45) is 5.97. The van der Waals surface area contributed by atoms with Crippen molar-refractivity contribution in [2.45, 2.75) is 25.7 Å². The van der Waals surface area contributed by atoms with Crippen molar-refractivity contribution in [3.05, 3.63) is 72.4 Å². The molecule has 3 heterocycles. The summed E-state index contributed by atoms with van der Waals surface area (Å²) in [6, 6.07) is 19.8. The average molecular weight is 412 g/mol. The van der Waals surface area contributed by atoms with Crippen molar-refractivity contribution in [1.82, 2.24) is 15.2 Å². The second-order valence-electron chi connectivity index (χ2n) is 7.99. The van der Waals surface area contributed by atoms with Gasteiger partial charge in [0.05, 0.1) is 12.1 Å². The molecular formula is C25H25N5O. The van der Waals surface area contributed by atoms with Gasteiger partial charge in [-0.05, 0) is 55.2 Å². The van der Waals surface area contributed by atoms with Crippen molar-refractivity contribution < 1.29 is 4.79 Å². The Kier molecular flexibility index (Phi) is 5.35. The van der Waals surface area contributed by atoms with Crippen LogP contribution >= 0.6 is 0 Å². The van der Waals surface area contributed by atoms with E-state index >= 15 is 0 Å². The number of aromatic amines is 1. The van der Waals surface area contributed by atoms with Crippen molar-refractivity contribution in [3.8, 4) is 11.3 Å². The van der Waals surface area contributed by atoms with Crippen LogP contribution < -0.4 is 10.2 Å². The van der Waals surface area contributed by atoms with Gasteiger partial charge in [-0.25, -0.2) is 0 Å². The quantitative estimate of drug-likeness (QED) is 0.495. The summed E-state index contributed by atoms with van der Waals surface area (Å²) in [5.74, 6) is 0.910. The highest BCUT2D eigenvalue weighted by atomic mass is 16.1. The smallest absolute Gasteiger partial charge is 0.228 e. The molecule has 0 unspecified atom stereocenters. The van der Waals surface area contributed by atoms with Gasteiger partial charge in [0.25, 0.3) is 0 Å². The number of H-pyrrole nitrogens is 1. The largest absolute Gasteiger partial charge is 0.361 e. The molecule has 5 rings (SSSR count). The third-order valence-electron chi connectivity index (χ3n) is 5.82. The fourth-order valence-electron chi connectivity index (χ4n) is 4.15. The topological polar surface area (TPSA) is 73.9 Å². The lowest BCUT2D eigenvalue weighted by atomic mass is 10.1. The molecule has 0 radical (unpaired) electrons. The predicted octanol–water partition coefficient (Wildman–Crippen LogP) is 4.80. The summed E-state index contributed by atoms with van der Waals surface area (Å²) in [7, 11) is 0. The van der Waals surface area contributed by atoms with E-state index in [1.807, 2.05) is 66.9 Å². The number of anilines is 2. The molecule has 1 saturated heterocycles. The number of hydrogen-bond donors (Lipinski definition) is 2. The number of piperidine rings is 1. The monoisotopic (exact) mass is 411 g/mol. The van der Waals surface area contributed by atoms with Crippen molar-refractivity contribution in [2.24, 2.45) is 0 Å². The Labute approximate surface area is 181 Å². The molecule has 1 aliphatic rings. The Bertz CT molecular complexity index is 1170. The molecular weight excluding hydrogens is 386 g/mol. The number of aromatic nitrogens is 3. The van der Waals surface area contributed by atoms with E-state index in [1.165, 1.54) is 19.3 Å². The minimum atomic E-state index is -0.0387. The number of fused-ring (bicyclic) bond motifs is 1. The molecule has 2 N–H and O–H groups in total. The molecule has 0 bridgehead atoms. The number of hydrogen-bond acceptors (Lipinski definition) is 4. The summed E-state index contributed by atoms with van der Waals surface area (Å²) >= 11 is 0. The summed E-state index contributed by atoms with van der Waals surface area (Å²) in [5, 5.41) is 12.9. The number of nitrogens with zero attached hydrogens (tertiary/aromatic N) is 3. The highest BCUT2D eigenvalue weighted by molar-refractivity contribution is 5.95. The molecule has 0 atom stereocenters. The van der Waals surface area contributed by atoms with Gasteiger partial charge in [-0.1, -0.05) is 30.3 Å². The number of carbonyl (C=O) groups excluding carboxylic acids is 1. The number of nitrogens with one attached hydrogen (secondary N) is 2. The molecule has 2 aromatic carbocycles. The molecule has 31 heavy (non-hydrogen) atoms. The van der Waals surface area contributed by atoms with E-state index in [9.17, 15) is 4.79 Å². The van der Waals surface area contributed by atoms with E-state index < -0.39 is 0 Å². The highest BCUT2D eigenvalue weighted by Gasteiger charge is 2.13. The molecule has 156 valence electrons. The Morgan fingerprint density at radius 1 is 0.935 bits per heavy atom. The standard InChI is InChI=1S/C25H25N5O/c31-25(16-19-17-26-23-7-3-2-6-21(19)23)27-20-10-8-18(9-11-20)22-12-13-24(29-28-22)30-14-4-1-5-15-30/h2-3,6-13,17,26H,1,4-5,14-16H2,(H,27,31). The first kappa shape index (κ1) is 19.3. The molecule has 2 aromatic heterocycles. The SMILES string of the molecule is O=C(Cc1c[nH]c2ccccc12)Nc1ccc(-c2ccc(N3CCCCC3)nn2)cc1. The van der Waals surface area contributed by atoms with E-state index in [4.69, 9.17) is 0 Å². The lowest BCUT2D eigenvalue weighted by Crippen LogP contribution is -2.30. The van der Waals surface area contributed by atoms with Crippen LogP contribution in [0.1, 0.15) is 24.8 Å². The molecule has 1 amide bonds. The summed E-state index contributed by atoms with van der Waals surface area (Å²) < 4.78 is 0. The van der Waals surface area contributed by atoms with Crippen molar-refractivity contribution >= 4 is 28.3 Å². The van der Waals surface area contributed by atoms with Crippen LogP contribution in [-0.2, 0) is 11.2 Å². The lowest BCUT2D eigenvalue weighted by molar-refractivity contribution is -0.115. The van der Waals surface area contributed by atoms with Crippen molar-refractivity contribution in [2.75, 3.05) is 23.3 Å². The normalized spacial score (nSPS) is 14.0. The summed E-state index contributed by atoms with van der Waals surface area (Å²) in [6.45, 7) is 2.11. The van der Waals surface area contributed by atoms with Gasteiger partial charge in [-0.3, -0.25) is 4.79 Å². The van der Waals surface area contributed by atoms with Crippen LogP contribution in [0.25, 0.3) is 22.2 Å². The molecule has 6 heteroatoms. The van der Waals surface area contributed by atoms with Gasteiger partial charge >= 0.3 is 0 Å². The Morgan fingerprint density at radius 3 is 2.52 bits per heavy atom. The number of amides is 1. The van der Waals surface area contributed by atoms with Crippen LogP contribution in [0.2, 0.25) is 0 Å². The summed E-state index contributed by atoms with van der Waals surface area (Å²) in [5.41, 5.74) is 4.62. The van der Waals surface area contributed by atoms with Crippen LogP contribution in [0, 0.1) is 0 Å². The molecule has 4 aromatic rings. The van der Waals surface area contributed by atoms with Crippen molar-refractivity contribution in [1.29, 1.82) is 0 Å². The van der Waals surface area contributed by atoms with E-state index in [-0.39, 0.29) is 5.91 Å². The number of carbonyl (C=O) groups is 1. The van der Waals surface area contributed by atoms with Crippen LogP contribution in [-0.4, -0.2) is 34.2 Å². The van der Waals surface area contributed by atoms with Crippen LogP contribution in [0.5, 0.6) is 0 Å². The first-order valence-corrected chi connectivity index (χ1v) is 10.8. The Morgan fingerprint density at radius 2 is 1.74 bits per heavy atom. The fraction of sp³-hybridized carbons (Fsp3) is 0.240. The van der Waals surface area contributed by atoms with Gasteiger partial charge in [0, 0.05) is 41.4 Å². The van der Waals surface area contributed by atoms with Crippen LogP contribution in [0.4, 0.5) is 11.5 Å².